The summed E-state index contributed by atoms with van der Waals surface area (Å²) < 4.78 is 11.2. The van der Waals surface area contributed by atoms with Gasteiger partial charge in [-0.3, -0.25) is 19.3 Å². The van der Waals surface area contributed by atoms with E-state index in [-0.39, 0.29) is 31.4 Å². The van der Waals surface area contributed by atoms with Crippen LogP contribution in [0.25, 0.3) is 0 Å². The van der Waals surface area contributed by atoms with E-state index in [0.29, 0.717) is 33.7 Å². The minimum absolute atomic E-state index is 0.0396. The van der Waals surface area contributed by atoms with Crippen LogP contribution in [0.15, 0.2) is 36.4 Å². The molecular formula is C25H29ClN4O6S. The van der Waals surface area contributed by atoms with Crippen molar-refractivity contribution in [1.29, 1.82) is 0 Å². The Labute approximate surface area is 223 Å². The first-order valence-corrected chi connectivity index (χ1v) is 13.0. The number of morpholine rings is 1. The van der Waals surface area contributed by atoms with Gasteiger partial charge >= 0.3 is 6.09 Å². The molecule has 0 spiro atoms. The van der Waals surface area contributed by atoms with E-state index in [1.807, 2.05) is 0 Å². The van der Waals surface area contributed by atoms with Crippen molar-refractivity contribution < 1.29 is 28.7 Å². The van der Waals surface area contributed by atoms with Gasteiger partial charge in [0.15, 0.2) is 0 Å². The summed E-state index contributed by atoms with van der Waals surface area (Å²) in [6.07, 6.45) is -0.416. The second-order valence-electron chi connectivity index (χ2n) is 9.79. The van der Waals surface area contributed by atoms with Crippen molar-refractivity contribution in [2.75, 3.05) is 36.5 Å². The molecule has 2 saturated heterocycles. The first-order chi connectivity index (χ1) is 17.5. The largest absolute Gasteiger partial charge is 0.444 e. The molecule has 198 valence electrons. The molecule has 2 aromatic rings. The van der Waals surface area contributed by atoms with Crippen LogP contribution in [0.1, 0.15) is 36.9 Å². The predicted octanol–water partition coefficient (Wildman–Crippen LogP) is 3.51. The van der Waals surface area contributed by atoms with Gasteiger partial charge in [0.1, 0.15) is 18.2 Å². The number of ether oxygens (including phenoxy) is 2. The maximum absolute atomic E-state index is 13.3. The Kier molecular flexibility index (Phi) is 8.05. The highest BCUT2D eigenvalue weighted by Crippen LogP contribution is 2.26. The van der Waals surface area contributed by atoms with Crippen molar-refractivity contribution in [3.8, 4) is 0 Å². The molecule has 4 rings (SSSR count). The molecule has 37 heavy (non-hydrogen) atoms. The molecule has 10 nitrogen and oxygen atoms in total. The highest BCUT2D eigenvalue weighted by Gasteiger charge is 2.42. The lowest BCUT2D eigenvalue weighted by atomic mass is 10.1. The summed E-state index contributed by atoms with van der Waals surface area (Å²) in [7, 11) is 0. The summed E-state index contributed by atoms with van der Waals surface area (Å²) in [5, 5.41) is 5.73. The van der Waals surface area contributed by atoms with Crippen molar-refractivity contribution in [3.63, 3.8) is 0 Å². The van der Waals surface area contributed by atoms with Crippen LogP contribution in [0.4, 0.5) is 16.2 Å². The number of carbonyl (C=O) groups is 4. The molecule has 2 aliphatic heterocycles. The smallest absolute Gasteiger partial charge is 0.411 e. The Hall–Kier alpha value is -3.15. The van der Waals surface area contributed by atoms with Gasteiger partial charge in [0, 0.05) is 30.5 Å². The summed E-state index contributed by atoms with van der Waals surface area (Å²) in [4.78, 5) is 54.3. The summed E-state index contributed by atoms with van der Waals surface area (Å²) >= 11 is 7.09. The highest BCUT2D eigenvalue weighted by atomic mass is 35.5. The average molecular weight is 549 g/mol. The van der Waals surface area contributed by atoms with Gasteiger partial charge in [-0.15, -0.1) is 11.3 Å². The first-order valence-electron chi connectivity index (χ1n) is 11.8. The van der Waals surface area contributed by atoms with Crippen LogP contribution >= 0.6 is 22.9 Å². The molecular weight excluding hydrogens is 520 g/mol. The maximum Gasteiger partial charge on any atom is 0.411 e. The number of nitrogens with zero attached hydrogens (tertiary/aromatic N) is 2. The minimum atomic E-state index is -0.854. The van der Waals surface area contributed by atoms with E-state index >= 15 is 0 Å². The lowest BCUT2D eigenvalue weighted by Crippen LogP contribution is -2.45. The summed E-state index contributed by atoms with van der Waals surface area (Å²) in [5.74, 6) is -0.850. The number of hydrogen-bond acceptors (Lipinski definition) is 7. The molecule has 1 aromatic heterocycles. The zero-order valence-electron chi connectivity index (χ0n) is 20.8. The van der Waals surface area contributed by atoms with E-state index in [2.05, 4.69) is 10.6 Å². The third-order valence-corrected chi connectivity index (χ3v) is 7.03. The number of rotatable bonds is 5. The standard InChI is InChI=1S/C25H29ClN4O6S/c1-25(2,3)36-24(34)30-13-16(28-23(33)19-8-9-20(26)37-19)12-18(30)22(32)27-15-4-6-17(7-5-15)29-10-11-35-14-21(29)31/h4-9,16,18H,10-14H2,1-3H3,(H,27,32)(H,28,33)/t16?,18-/m0/s1. The number of anilines is 2. The SMILES string of the molecule is CC(C)(C)OC(=O)N1CC(NC(=O)c2ccc(Cl)s2)C[C@H]1C(=O)Nc1ccc(N2CCOCC2=O)cc1. The van der Waals surface area contributed by atoms with Crippen LogP contribution < -0.4 is 15.5 Å². The van der Waals surface area contributed by atoms with E-state index in [9.17, 15) is 19.2 Å². The van der Waals surface area contributed by atoms with Gasteiger partial charge in [-0.2, -0.15) is 0 Å². The third kappa shape index (κ3) is 6.79. The van der Waals surface area contributed by atoms with Gasteiger partial charge in [0.2, 0.25) is 5.91 Å². The van der Waals surface area contributed by atoms with Crippen LogP contribution in [-0.4, -0.2) is 72.7 Å². The quantitative estimate of drug-likeness (QED) is 0.590. The second kappa shape index (κ2) is 11.1. The van der Waals surface area contributed by atoms with Crippen LogP contribution in [0, 0.1) is 0 Å². The number of amides is 4. The van der Waals surface area contributed by atoms with E-state index in [0.717, 1.165) is 11.3 Å². The Morgan fingerprint density at radius 1 is 1.14 bits per heavy atom. The number of benzene rings is 1. The van der Waals surface area contributed by atoms with Gasteiger partial charge in [-0.05, 0) is 63.6 Å². The highest BCUT2D eigenvalue weighted by molar-refractivity contribution is 7.18. The topological polar surface area (TPSA) is 117 Å². The van der Waals surface area contributed by atoms with Crippen LogP contribution in [0.2, 0.25) is 4.34 Å². The molecule has 4 amide bonds. The molecule has 1 aromatic carbocycles. The average Bonchev–Trinajstić information content (AvgIpc) is 3.45. The molecule has 2 aliphatic rings. The van der Waals surface area contributed by atoms with Crippen molar-refractivity contribution >= 4 is 58.1 Å². The molecule has 2 fully saturated rings. The zero-order valence-corrected chi connectivity index (χ0v) is 22.4. The van der Waals surface area contributed by atoms with Crippen molar-refractivity contribution in [1.82, 2.24) is 10.2 Å². The van der Waals surface area contributed by atoms with Gasteiger partial charge < -0.3 is 25.0 Å². The molecule has 12 heteroatoms. The Bertz CT molecular complexity index is 1180. The Morgan fingerprint density at radius 3 is 2.49 bits per heavy atom. The van der Waals surface area contributed by atoms with Crippen molar-refractivity contribution in [2.24, 2.45) is 0 Å². The van der Waals surface area contributed by atoms with E-state index in [1.54, 1.807) is 62.1 Å². The summed E-state index contributed by atoms with van der Waals surface area (Å²) in [6, 6.07) is 8.84. The van der Waals surface area contributed by atoms with Crippen LogP contribution in [0.5, 0.6) is 0 Å². The monoisotopic (exact) mass is 548 g/mol. The van der Waals surface area contributed by atoms with Gasteiger partial charge in [-0.1, -0.05) is 11.6 Å². The maximum atomic E-state index is 13.3. The van der Waals surface area contributed by atoms with E-state index in [4.69, 9.17) is 21.1 Å². The number of likely N-dealkylation sites (tertiary alicyclic amines) is 1. The molecule has 0 saturated carbocycles. The van der Waals surface area contributed by atoms with Gasteiger partial charge in [0.05, 0.1) is 15.8 Å². The summed E-state index contributed by atoms with van der Waals surface area (Å²) in [5.41, 5.74) is 0.471. The third-order valence-electron chi connectivity index (χ3n) is 5.80. The number of carbonyl (C=O) groups excluding carboxylic acids is 4. The number of thiophene rings is 1. The van der Waals surface area contributed by atoms with Crippen molar-refractivity contribution in [2.45, 2.75) is 44.9 Å². The fraction of sp³-hybridized carbons (Fsp3) is 0.440. The lowest BCUT2D eigenvalue weighted by Gasteiger charge is -2.28. The molecule has 1 unspecified atom stereocenters. The molecule has 0 aliphatic carbocycles. The molecule has 3 heterocycles. The second-order valence-corrected chi connectivity index (χ2v) is 11.5. The number of nitrogens with one attached hydrogen (secondary N) is 2. The van der Waals surface area contributed by atoms with Crippen LogP contribution in [0.3, 0.4) is 0 Å². The first kappa shape index (κ1) is 26.9. The Morgan fingerprint density at radius 2 is 1.86 bits per heavy atom. The van der Waals surface area contributed by atoms with Gasteiger partial charge in [-0.25, -0.2) is 4.79 Å². The number of halogens is 1. The Balaban J connectivity index is 1.45. The van der Waals surface area contributed by atoms with Crippen molar-refractivity contribution in [3.05, 3.63) is 45.6 Å². The van der Waals surface area contributed by atoms with Crippen LogP contribution in [-0.2, 0) is 19.1 Å². The number of hydrogen-bond donors (Lipinski definition) is 2. The molecule has 2 atom stereocenters. The lowest BCUT2D eigenvalue weighted by molar-refractivity contribution is -0.125. The van der Waals surface area contributed by atoms with Gasteiger partial charge in [0.25, 0.3) is 11.8 Å². The zero-order chi connectivity index (χ0) is 26.7. The summed E-state index contributed by atoms with van der Waals surface area (Å²) in [6.45, 7) is 6.32. The molecule has 2 N–H and O–H groups in total. The predicted molar refractivity (Wildman–Crippen MR) is 140 cm³/mol. The molecule has 0 radical (unpaired) electrons. The molecule has 0 bridgehead atoms. The normalized spacial score (nSPS) is 20.1. The minimum Gasteiger partial charge on any atom is -0.444 e. The fourth-order valence-corrected chi connectivity index (χ4v) is 5.09. The van der Waals surface area contributed by atoms with E-state index in [1.165, 1.54) is 4.90 Å². The fourth-order valence-electron chi connectivity index (χ4n) is 4.15. The van der Waals surface area contributed by atoms with E-state index < -0.39 is 29.7 Å².